The van der Waals surface area contributed by atoms with E-state index in [-0.39, 0.29) is 18.2 Å². The molecule has 12 heteroatoms. The number of piperidine rings is 1. The van der Waals surface area contributed by atoms with E-state index in [1.54, 1.807) is 18.2 Å². The van der Waals surface area contributed by atoms with Gasteiger partial charge in [-0.2, -0.15) is 0 Å². The summed E-state index contributed by atoms with van der Waals surface area (Å²) in [7, 11) is 0. The minimum atomic E-state index is -2.27. The van der Waals surface area contributed by atoms with Crippen molar-refractivity contribution in [1.82, 2.24) is 10.2 Å². The van der Waals surface area contributed by atoms with Gasteiger partial charge < -0.3 is 31.1 Å². The Kier molecular flexibility index (Phi) is 6.51. The summed E-state index contributed by atoms with van der Waals surface area (Å²) in [5, 5.41) is 34.8. The second kappa shape index (κ2) is 8.67. The standard InChI is InChI=1S/C13H13N3O3.C4H6O6/c14-9-3-1-2-7-8(9)6-16(13(7)19)10-4-5-11(17)15-12(10)18;5-1(3(7)8)2(6)4(9)10/h1-3,10H,4-6,14H2,(H,15,17,18);1-2,5-6H,(H,7,8)(H,9,10)/t;1-,2-/m.1/s1. The van der Waals surface area contributed by atoms with E-state index in [4.69, 9.17) is 26.2 Å². The summed E-state index contributed by atoms with van der Waals surface area (Å²) < 4.78 is 0. The molecule has 156 valence electrons. The minimum absolute atomic E-state index is 0.197. The second-order valence-corrected chi connectivity index (χ2v) is 6.34. The lowest BCUT2D eigenvalue weighted by molar-refractivity contribution is -0.165. The number of nitrogens with two attached hydrogens (primary N) is 1. The maximum Gasteiger partial charge on any atom is 0.335 e. The Morgan fingerprint density at radius 2 is 1.69 bits per heavy atom. The number of nitrogen functional groups attached to an aromatic ring is 1. The summed E-state index contributed by atoms with van der Waals surface area (Å²) in [5.74, 6) is -4.43. The van der Waals surface area contributed by atoms with Crippen LogP contribution in [-0.2, 0) is 25.7 Å². The zero-order chi connectivity index (χ0) is 21.9. The van der Waals surface area contributed by atoms with Crippen LogP contribution in [0.25, 0.3) is 0 Å². The smallest absolute Gasteiger partial charge is 0.335 e. The van der Waals surface area contributed by atoms with Crippen molar-refractivity contribution in [3.05, 3.63) is 29.3 Å². The molecule has 3 rings (SSSR count). The number of benzene rings is 1. The van der Waals surface area contributed by atoms with Crippen LogP contribution in [0.1, 0.15) is 28.8 Å². The monoisotopic (exact) mass is 409 g/mol. The number of fused-ring (bicyclic) bond motifs is 1. The molecule has 2 aliphatic rings. The Labute approximate surface area is 163 Å². The van der Waals surface area contributed by atoms with Gasteiger partial charge in [-0.1, -0.05) is 6.07 Å². The molecule has 0 saturated carbocycles. The van der Waals surface area contributed by atoms with Crippen molar-refractivity contribution in [1.29, 1.82) is 0 Å². The summed E-state index contributed by atoms with van der Waals surface area (Å²) in [6.07, 6.45) is -3.91. The number of aliphatic carboxylic acids is 2. The lowest BCUT2D eigenvalue weighted by Crippen LogP contribution is -2.52. The first-order valence-electron chi connectivity index (χ1n) is 8.38. The molecule has 0 radical (unpaired) electrons. The van der Waals surface area contributed by atoms with Gasteiger partial charge in [-0.05, 0) is 18.6 Å². The Balaban J connectivity index is 0.000000257. The number of carboxylic acid groups (broad SMARTS) is 2. The topological polar surface area (TPSA) is 208 Å². The molecule has 29 heavy (non-hydrogen) atoms. The van der Waals surface area contributed by atoms with E-state index in [0.29, 0.717) is 24.2 Å². The quantitative estimate of drug-likeness (QED) is 0.236. The van der Waals surface area contributed by atoms with Gasteiger partial charge in [-0.3, -0.25) is 19.7 Å². The van der Waals surface area contributed by atoms with Crippen LogP contribution in [0.4, 0.5) is 5.69 Å². The molecule has 1 unspecified atom stereocenters. The fourth-order valence-electron chi connectivity index (χ4n) is 2.88. The number of nitrogens with zero attached hydrogens (tertiary/aromatic N) is 1. The van der Waals surface area contributed by atoms with Crippen molar-refractivity contribution in [2.75, 3.05) is 5.73 Å². The van der Waals surface area contributed by atoms with Gasteiger partial charge in [0.05, 0.1) is 0 Å². The van der Waals surface area contributed by atoms with Gasteiger partial charge in [-0.15, -0.1) is 0 Å². The fourth-order valence-corrected chi connectivity index (χ4v) is 2.88. The van der Waals surface area contributed by atoms with E-state index in [0.717, 1.165) is 5.56 Å². The van der Waals surface area contributed by atoms with E-state index in [1.807, 2.05) is 0 Å². The van der Waals surface area contributed by atoms with E-state index in [9.17, 15) is 24.0 Å². The molecular weight excluding hydrogens is 390 g/mol. The molecule has 0 aromatic heterocycles. The molecule has 2 heterocycles. The van der Waals surface area contributed by atoms with Gasteiger partial charge in [0, 0.05) is 29.8 Å². The van der Waals surface area contributed by atoms with Crippen molar-refractivity contribution < 1.29 is 44.4 Å². The van der Waals surface area contributed by atoms with Crippen LogP contribution in [0.2, 0.25) is 0 Å². The number of imide groups is 1. The zero-order valence-corrected chi connectivity index (χ0v) is 14.9. The van der Waals surface area contributed by atoms with Crippen molar-refractivity contribution >= 4 is 35.3 Å². The van der Waals surface area contributed by atoms with Gasteiger partial charge in [0.25, 0.3) is 5.91 Å². The van der Waals surface area contributed by atoms with Gasteiger partial charge in [-0.25, -0.2) is 9.59 Å². The van der Waals surface area contributed by atoms with Gasteiger partial charge in [0.1, 0.15) is 6.04 Å². The first kappa shape index (κ1) is 21.8. The molecule has 3 atom stereocenters. The van der Waals surface area contributed by atoms with Gasteiger partial charge in [0.15, 0.2) is 12.2 Å². The van der Waals surface area contributed by atoms with Crippen molar-refractivity contribution in [2.24, 2.45) is 0 Å². The van der Waals surface area contributed by atoms with Crippen LogP contribution in [0.5, 0.6) is 0 Å². The van der Waals surface area contributed by atoms with Crippen LogP contribution in [-0.4, -0.2) is 73.2 Å². The van der Waals surface area contributed by atoms with Gasteiger partial charge >= 0.3 is 11.9 Å². The molecule has 1 aromatic carbocycles. The van der Waals surface area contributed by atoms with E-state index in [1.165, 1.54) is 4.90 Å². The first-order chi connectivity index (χ1) is 13.5. The Bertz CT molecular complexity index is 852. The summed E-state index contributed by atoms with van der Waals surface area (Å²) in [6.45, 7) is 0.327. The number of hydrogen-bond acceptors (Lipinski definition) is 8. The number of carboxylic acids is 2. The fraction of sp³-hybridized carbons (Fsp3) is 0.353. The van der Waals surface area contributed by atoms with Gasteiger partial charge in [0.2, 0.25) is 11.8 Å². The molecular formula is C17H19N3O9. The highest BCUT2D eigenvalue weighted by Crippen LogP contribution is 2.30. The third-order valence-corrected chi connectivity index (χ3v) is 4.42. The van der Waals surface area contributed by atoms with Crippen LogP contribution < -0.4 is 11.1 Å². The minimum Gasteiger partial charge on any atom is -0.479 e. The predicted molar refractivity (Wildman–Crippen MR) is 94.2 cm³/mol. The predicted octanol–water partition coefficient (Wildman–Crippen LogP) is -2.09. The molecule has 1 fully saturated rings. The summed E-state index contributed by atoms with van der Waals surface area (Å²) in [4.78, 5) is 56.3. The number of rotatable bonds is 4. The molecule has 7 N–H and O–H groups in total. The molecule has 2 aliphatic heterocycles. The average molecular weight is 409 g/mol. The first-order valence-corrected chi connectivity index (χ1v) is 8.38. The second-order valence-electron chi connectivity index (χ2n) is 6.34. The van der Waals surface area contributed by atoms with Crippen molar-refractivity contribution in [2.45, 2.75) is 37.6 Å². The highest BCUT2D eigenvalue weighted by molar-refractivity contribution is 6.06. The van der Waals surface area contributed by atoms with E-state index in [2.05, 4.69) is 5.32 Å². The highest BCUT2D eigenvalue weighted by atomic mass is 16.4. The largest absolute Gasteiger partial charge is 0.479 e. The lowest BCUT2D eigenvalue weighted by Gasteiger charge is -2.29. The Hall–Kier alpha value is -3.51. The summed E-state index contributed by atoms with van der Waals surface area (Å²) in [6, 6.07) is 4.58. The van der Waals surface area contributed by atoms with E-state index >= 15 is 0 Å². The van der Waals surface area contributed by atoms with Crippen molar-refractivity contribution in [3.8, 4) is 0 Å². The molecule has 1 aromatic rings. The lowest BCUT2D eigenvalue weighted by atomic mass is 10.0. The SMILES string of the molecule is Nc1cccc2c1CN(C1CCC(=O)NC1=O)C2=O.O=C(O)[C@H](O)[C@@H](O)C(=O)O. The Morgan fingerprint density at radius 1 is 1.10 bits per heavy atom. The number of carbonyl (C=O) groups is 5. The number of hydrogen-bond donors (Lipinski definition) is 6. The number of anilines is 1. The molecule has 0 aliphatic carbocycles. The Morgan fingerprint density at radius 3 is 2.17 bits per heavy atom. The maximum absolute atomic E-state index is 12.3. The number of carbonyl (C=O) groups excluding carboxylic acids is 3. The third kappa shape index (κ3) is 4.67. The van der Waals surface area contributed by atoms with Crippen LogP contribution >= 0.6 is 0 Å². The number of amides is 3. The molecule has 3 amide bonds. The molecule has 1 saturated heterocycles. The molecule has 12 nitrogen and oxygen atoms in total. The zero-order valence-electron chi connectivity index (χ0n) is 14.9. The normalized spacial score (nSPS) is 20.1. The van der Waals surface area contributed by atoms with Crippen molar-refractivity contribution in [3.63, 3.8) is 0 Å². The number of nitrogens with one attached hydrogen (secondary N) is 1. The van der Waals surface area contributed by atoms with Crippen LogP contribution in [0, 0.1) is 0 Å². The summed E-state index contributed by atoms with van der Waals surface area (Å²) >= 11 is 0. The third-order valence-electron chi connectivity index (χ3n) is 4.42. The maximum atomic E-state index is 12.3. The number of aliphatic hydroxyl groups is 2. The van der Waals surface area contributed by atoms with Crippen LogP contribution in [0.15, 0.2) is 18.2 Å². The molecule has 0 bridgehead atoms. The van der Waals surface area contributed by atoms with E-state index < -0.39 is 36.1 Å². The van der Waals surface area contributed by atoms with Crippen LogP contribution in [0.3, 0.4) is 0 Å². The summed E-state index contributed by atoms with van der Waals surface area (Å²) in [5.41, 5.74) is 7.71. The highest BCUT2D eigenvalue weighted by Gasteiger charge is 2.39. The molecule has 0 spiro atoms. The average Bonchev–Trinajstić information content (AvgIpc) is 2.99. The number of aliphatic hydroxyl groups excluding tert-OH is 2.